The Balaban J connectivity index is 0.000000197. The minimum absolute atomic E-state index is 0.0394. The number of nitrogens with two attached hydrogens (primary N) is 2. The molecule has 9 aromatic rings. The van der Waals surface area contributed by atoms with Gasteiger partial charge in [0.2, 0.25) is 12.4 Å². The van der Waals surface area contributed by atoms with E-state index < -0.39 is 174 Å². The van der Waals surface area contributed by atoms with Crippen molar-refractivity contribution in [3.8, 4) is 23.4 Å². The number of nitrogens with one attached hydrogen (secondary N) is 5. The molecule has 13 heterocycles. The van der Waals surface area contributed by atoms with E-state index in [2.05, 4.69) is 95.7 Å². The molecule has 0 aliphatic carbocycles. The number of nitrogens with zero attached hydrogens (tertiary/aromatic N) is 19. The Morgan fingerprint density at radius 1 is 0.500 bits per heavy atom. The average molecular weight is 2110 g/mol. The molecule has 9 N–H and O–H groups in total. The van der Waals surface area contributed by atoms with Crippen LogP contribution in [0.4, 0.5) is 23.4 Å². The molecule has 0 radical (unpaired) electrons. The van der Waals surface area contributed by atoms with Crippen molar-refractivity contribution in [3.63, 3.8) is 0 Å². The summed E-state index contributed by atoms with van der Waals surface area (Å²) in [6.45, 7) is 41.3. The summed E-state index contributed by atoms with van der Waals surface area (Å²) in [6.07, 6.45) is -6.82. The van der Waals surface area contributed by atoms with Crippen molar-refractivity contribution < 1.29 is 125 Å². The van der Waals surface area contributed by atoms with E-state index in [4.69, 9.17) is 88.2 Å². The van der Waals surface area contributed by atoms with E-state index in [0.717, 1.165) is 0 Å². The molecule has 794 valence electrons. The number of ether oxygens (including phenoxy) is 11. The predicted octanol–water partition coefficient (Wildman–Crippen LogP) is 10.7. The number of esters is 4. The summed E-state index contributed by atoms with van der Waals surface area (Å²) in [4.78, 5) is 94.5. The zero-order valence-electron chi connectivity index (χ0n) is 84.9. The number of nitriles is 1. The van der Waals surface area contributed by atoms with Crippen LogP contribution in [0.2, 0.25) is 0 Å². The molecule has 0 amide bonds. The molecule has 4 saturated heterocycles. The molecule has 0 saturated carbocycles. The first-order valence-electron chi connectivity index (χ1n) is 46.0. The van der Waals surface area contributed by atoms with E-state index in [-0.39, 0.29) is 94.3 Å². The maximum absolute atomic E-state index is 16.4. The van der Waals surface area contributed by atoms with Crippen LogP contribution in [0, 0.1) is 53.4 Å². The molecule has 0 aromatic carbocycles. The number of aromatic amines is 1. The standard InChI is InChI=1S/C22H33FN9O6P.C22H35FN5O6P.C22H31FN5O6P.C21H31FN7O5P/c1-11(2)37-21(33)12(3)29-39(7,34)36-9-14-22(5,8-15-27-30-31-28-15)17(23)20(38-14)32-10-24-16-18(32)25-13(4)26-19(16)35-6;2*1-13(2)33-21(29)14(3)27-35(6,30)32-11-16-22(4,8-9-24)18(23)20(34-16)28-12-26-17-15(31-5)7-10-25-19(17)28;1-11(2)33-20(30)12(3)28-35(7,31)32-8-14-21(5,9-24-6)16(22)19(34-14)29-10-25-15-17(23)26-13(4)27-18(15)29/h10-12,14,17,20H,8-9H2,1-7H3,(H,29,34)(H,27,28,30,31);7,10,12-14,16,18,20H,8-9,11,24H2,1-6H3,(H,27,30);7,10,12-14,16,18,20H,8,11H2,1-6H3,(H,27,30);10-12,14,16,19H,8-9H2,1-5,7H3,(H,28,31)(H2,23,26,27)/t12-,14+,17?,20+,22-,39?;2*14-,16+,18?,20+,22-,35?;12-,14+,16?,19+,21-,35?/m0000/s1. The molecule has 0 spiro atoms. The van der Waals surface area contributed by atoms with Gasteiger partial charge in [-0.3, -0.25) is 55.7 Å². The maximum Gasteiger partial charge on any atom is 0.323 e. The van der Waals surface area contributed by atoms with E-state index in [1.807, 2.05) is 6.07 Å². The van der Waals surface area contributed by atoms with Gasteiger partial charge in [-0.1, -0.05) is 26.0 Å². The summed E-state index contributed by atoms with van der Waals surface area (Å²) in [7, 11) is -9.54. The van der Waals surface area contributed by atoms with Gasteiger partial charge >= 0.3 is 23.9 Å². The van der Waals surface area contributed by atoms with Crippen molar-refractivity contribution in [1.29, 1.82) is 5.26 Å². The van der Waals surface area contributed by atoms with Gasteiger partial charge in [0.15, 0.2) is 89.3 Å². The average Bonchev–Trinajstić information content (AvgIpc) is 1.61. The Labute approximate surface area is 829 Å². The van der Waals surface area contributed by atoms with Gasteiger partial charge in [0.1, 0.15) is 69.3 Å². The highest BCUT2D eigenvalue weighted by Crippen LogP contribution is 2.56. The second-order valence-electron chi connectivity index (χ2n) is 37.6. The van der Waals surface area contributed by atoms with Crippen molar-refractivity contribution in [3.05, 3.63) is 78.7 Å². The SMILES string of the molecule is COc1ccnc2c1ncn2[C@@H]1O[C@H](COP(C)(=O)N[C@@H](C)C(=O)OC(C)C)[C@](C)(CC#N)C1F.COc1ccnc2c1ncn2[C@@H]1O[C@H](COP(C)(=O)N[C@@H](C)C(=O)OC(C)C)[C@](C)(CCN)C1F.COc1nc(C)nc2c1ncn2[C@@H]1O[C@H](COP(C)(=O)N[C@@H](C)C(=O)OC(C)C)[C@](C)(Cc2nn[nH]n2)C1F.[C-]#[N+]C[C@]1(C)C(F)[C@H](n2cnc3c(N)nc(C)nc32)O[C@@H]1COP(C)(=O)N[C@@H](C)C(=O)OC(C)C. The lowest BCUT2D eigenvalue weighted by Gasteiger charge is -2.31. The molecule has 49 nitrogen and oxygen atoms in total. The van der Waals surface area contributed by atoms with Gasteiger partial charge in [0, 0.05) is 80.3 Å². The van der Waals surface area contributed by atoms with E-state index in [1.54, 1.807) is 115 Å². The number of carbonyl (C=O) groups excluding carboxylic acids is 4. The number of rotatable bonds is 41. The van der Waals surface area contributed by atoms with Crippen molar-refractivity contribution >= 4 is 104 Å². The number of alkyl halides is 4. The third-order valence-electron chi connectivity index (χ3n) is 24.2. The number of tetrazole rings is 1. The van der Waals surface area contributed by atoms with Crippen LogP contribution in [0.1, 0.15) is 166 Å². The van der Waals surface area contributed by atoms with Crippen LogP contribution in [-0.2, 0) is 99.8 Å². The Bertz CT molecular complexity index is 6240. The molecule has 4 fully saturated rings. The third-order valence-corrected chi connectivity index (χ3v) is 30.2. The monoisotopic (exact) mass is 2110 g/mol. The van der Waals surface area contributed by atoms with Gasteiger partial charge in [0.05, 0.1) is 128 Å². The molecular formula is C87H130F4N26O23P4. The fourth-order valence-electron chi connectivity index (χ4n) is 16.5. The number of halogens is 4. The molecule has 13 rings (SSSR count). The number of pyridine rings is 2. The number of anilines is 1. The van der Waals surface area contributed by atoms with Gasteiger partial charge in [0.25, 0.3) is 30.1 Å². The number of hydrogen-bond donors (Lipinski definition) is 7. The summed E-state index contributed by atoms with van der Waals surface area (Å²) in [6, 6.07) is 1.80. The van der Waals surface area contributed by atoms with Gasteiger partial charge in [-0.2, -0.15) is 15.5 Å². The van der Waals surface area contributed by atoms with Crippen molar-refractivity contribution in [1.82, 2.24) is 109 Å². The van der Waals surface area contributed by atoms with E-state index in [0.29, 0.717) is 74.2 Å². The highest BCUT2D eigenvalue weighted by Gasteiger charge is 2.61. The highest BCUT2D eigenvalue weighted by atomic mass is 31.2. The summed E-state index contributed by atoms with van der Waals surface area (Å²) in [5.41, 5.74) is 9.89. The second-order valence-corrected chi connectivity index (χ2v) is 46.4. The van der Waals surface area contributed by atoms with E-state index in [9.17, 15) is 42.7 Å². The third kappa shape index (κ3) is 27.1. The number of carbonyl (C=O) groups is 4. The molecule has 0 bridgehead atoms. The number of imidazole rings is 4. The first-order valence-corrected chi connectivity index (χ1v) is 54.3. The van der Waals surface area contributed by atoms with Gasteiger partial charge < -0.3 is 86.5 Å². The maximum atomic E-state index is 16.4. The lowest BCUT2D eigenvalue weighted by Crippen LogP contribution is -2.41. The van der Waals surface area contributed by atoms with Gasteiger partial charge in [-0.05, 0) is 117 Å². The molecule has 57 heteroatoms. The minimum atomic E-state index is -3.54. The minimum Gasteiger partial charge on any atom is -0.494 e. The quantitative estimate of drug-likeness (QED) is 0.00615. The zero-order chi connectivity index (χ0) is 107. The fraction of sp³-hybridized carbons (Fsp3) is 0.667. The Morgan fingerprint density at radius 3 is 1.19 bits per heavy atom. The number of H-pyrrole nitrogens is 1. The summed E-state index contributed by atoms with van der Waals surface area (Å²) in [5.74, 6) is 0.196. The number of fused-ring (bicyclic) bond motifs is 4. The summed E-state index contributed by atoms with van der Waals surface area (Å²) < 4.78 is 205. The van der Waals surface area contributed by atoms with Crippen LogP contribution >= 0.6 is 30.1 Å². The predicted molar refractivity (Wildman–Crippen MR) is 513 cm³/mol. The zero-order valence-corrected chi connectivity index (χ0v) is 88.4. The van der Waals surface area contributed by atoms with Crippen LogP contribution in [0.15, 0.2) is 49.8 Å². The molecule has 4 aliphatic rings. The van der Waals surface area contributed by atoms with Crippen molar-refractivity contribution in [2.45, 2.75) is 266 Å². The van der Waals surface area contributed by atoms with Crippen molar-refractivity contribution in [2.24, 2.45) is 27.4 Å². The van der Waals surface area contributed by atoms with Crippen LogP contribution in [0.3, 0.4) is 0 Å². The molecule has 9 aromatic heterocycles. The van der Waals surface area contributed by atoms with E-state index in [1.165, 1.54) is 125 Å². The van der Waals surface area contributed by atoms with Crippen LogP contribution < -0.4 is 46.0 Å². The molecule has 8 unspecified atom stereocenters. The second kappa shape index (κ2) is 48.1. The first-order chi connectivity index (χ1) is 67.5. The normalized spacial score (nSPS) is 26.6. The van der Waals surface area contributed by atoms with Gasteiger partial charge in [-0.15, -0.1) is 10.2 Å². The Kier molecular flexibility index (Phi) is 38.5. The summed E-state index contributed by atoms with van der Waals surface area (Å²) in [5, 5.41) is 33.9. The number of nitrogen functional groups attached to an aromatic ring is 1. The van der Waals surface area contributed by atoms with Gasteiger partial charge in [-0.25, -0.2) is 89.3 Å². The number of aromatic nitrogens is 18. The molecule has 4 aliphatic heterocycles. The highest BCUT2D eigenvalue weighted by molar-refractivity contribution is 7.57. The number of hydrogen-bond acceptors (Lipinski definition) is 39. The first kappa shape index (κ1) is 116. The van der Waals surface area contributed by atoms with Crippen LogP contribution in [0.25, 0.3) is 49.5 Å². The van der Waals surface area contributed by atoms with Crippen molar-refractivity contribution in [2.75, 3.05) is 93.2 Å². The lowest BCUT2D eigenvalue weighted by atomic mass is 9.78. The molecular weight excluding hydrogens is 1980 g/mol. The lowest BCUT2D eigenvalue weighted by molar-refractivity contribution is -0.149. The smallest absolute Gasteiger partial charge is 0.323 e. The van der Waals surface area contributed by atoms with Crippen LogP contribution in [0.5, 0.6) is 17.4 Å². The van der Waals surface area contributed by atoms with Crippen LogP contribution in [-0.4, -0.2) is 298 Å². The largest absolute Gasteiger partial charge is 0.494 e. The molecule has 144 heavy (non-hydrogen) atoms. The number of methoxy groups -OCH3 is 3. The fourth-order valence-corrected chi connectivity index (χ4v) is 21.7. The van der Waals surface area contributed by atoms with E-state index >= 15 is 17.6 Å². The Morgan fingerprint density at radius 2 is 0.833 bits per heavy atom. The topological polar surface area (TPSA) is 606 Å². The summed E-state index contributed by atoms with van der Waals surface area (Å²) >= 11 is 0. The molecule has 24 atom stereocenters. The number of aryl methyl sites for hydroxylation is 2. The Hall–Kier alpha value is -10.4.